The largest absolute Gasteiger partial charge is 0.460 e. The third-order valence-corrected chi connectivity index (χ3v) is 1.47. The summed E-state index contributed by atoms with van der Waals surface area (Å²) in [6.45, 7) is 3.48. The summed E-state index contributed by atoms with van der Waals surface area (Å²) in [5, 5.41) is 3.63. The standard InChI is InChI=1S/C7H10N2O3/c1-4-3-12-7(11)6(4)9-8-5(2)10/h4H,3H2,1-2H3,(H,8,10)/b9-6-. The van der Waals surface area contributed by atoms with Gasteiger partial charge in [-0.3, -0.25) is 4.79 Å². The Morgan fingerprint density at radius 1 is 1.75 bits per heavy atom. The first-order valence-electron chi connectivity index (χ1n) is 3.62. The maximum absolute atomic E-state index is 10.9. The SMILES string of the molecule is CC(=O)N/N=C1\C(=O)OCC1C. The number of hydrazone groups is 1. The van der Waals surface area contributed by atoms with Crippen LogP contribution in [0.1, 0.15) is 13.8 Å². The summed E-state index contributed by atoms with van der Waals surface area (Å²) in [6.07, 6.45) is 0. The monoisotopic (exact) mass is 170 g/mol. The van der Waals surface area contributed by atoms with E-state index in [-0.39, 0.29) is 17.5 Å². The zero-order valence-electron chi connectivity index (χ0n) is 6.96. The second-order valence-corrected chi connectivity index (χ2v) is 2.66. The molecule has 1 N–H and O–H groups in total. The van der Waals surface area contributed by atoms with Crippen molar-refractivity contribution in [3.8, 4) is 0 Å². The summed E-state index contributed by atoms with van der Waals surface area (Å²) in [5.41, 5.74) is 2.48. The lowest BCUT2D eigenvalue weighted by atomic mass is 10.1. The number of cyclic esters (lactones) is 1. The minimum Gasteiger partial charge on any atom is -0.460 e. The predicted molar refractivity (Wildman–Crippen MR) is 41.4 cm³/mol. The summed E-state index contributed by atoms with van der Waals surface area (Å²) in [7, 11) is 0. The Morgan fingerprint density at radius 2 is 2.42 bits per heavy atom. The lowest BCUT2D eigenvalue weighted by Gasteiger charge is -1.96. The number of ether oxygens (including phenoxy) is 1. The summed E-state index contributed by atoms with van der Waals surface area (Å²) in [4.78, 5) is 21.3. The summed E-state index contributed by atoms with van der Waals surface area (Å²) >= 11 is 0. The van der Waals surface area contributed by atoms with Gasteiger partial charge in [0.15, 0.2) is 5.71 Å². The van der Waals surface area contributed by atoms with Gasteiger partial charge in [-0.25, -0.2) is 10.2 Å². The van der Waals surface area contributed by atoms with E-state index in [0.717, 1.165) is 0 Å². The lowest BCUT2D eigenvalue weighted by molar-refractivity contribution is -0.133. The molecule has 0 aromatic carbocycles. The van der Waals surface area contributed by atoms with Crippen molar-refractivity contribution in [2.45, 2.75) is 13.8 Å². The molecule has 0 aromatic heterocycles. The van der Waals surface area contributed by atoms with Gasteiger partial charge in [0.2, 0.25) is 5.91 Å². The minimum atomic E-state index is -0.448. The van der Waals surface area contributed by atoms with Crippen molar-refractivity contribution in [1.82, 2.24) is 5.43 Å². The quantitative estimate of drug-likeness (QED) is 0.433. The average Bonchev–Trinajstić information content (AvgIpc) is 2.28. The van der Waals surface area contributed by atoms with Gasteiger partial charge in [0.05, 0.1) is 0 Å². The van der Waals surface area contributed by atoms with E-state index in [1.165, 1.54) is 6.92 Å². The highest BCUT2D eigenvalue weighted by Crippen LogP contribution is 2.09. The second kappa shape index (κ2) is 3.34. The van der Waals surface area contributed by atoms with Gasteiger partial charge in [-0.2, -0.15) is 5.10 Å². The van der Waals surface area contributed by atoms with Crippen LogP contribution in [0.2, 0.25) is 0 Å². The molecule has 1 heterocycles. The summed E-state index contributed by atoms with van der Waals surface area (Å²) in [6, 6.07) is 0. The van der Waals surface area contributed by atoms with Gasteiger partial charge in [0.1, 0.15) is 6.61 Å². The number of nitrogens with one attached hydrogen (secondary N) is 1. The highest BCUT2D eigenvalue weighted by Gasteiger charge is 2.28. The molecule has 0 bridgehead atoms. The number of hydrogen-bond donors (Lipinski definition) is 1. The Labute approximate surface area is 69.8 Å². The van der Waals surface area contributed by atoms with Gasteiger partial charge in [0, 0.05) is 12.8 Å². The normalized spacial score (nSPS) is 25.7. The van der Waals surface area contributed by atoms with Crippen molar-refractivity contribution in [2.75, 3.05) is 6.61 Å². The molecule has 1 saturated heterocycles. The van der Waals surface area contributed by atoms with Crippen molar-refractivity contribution >= 4 is 17.6 Å². The smallest absolute Gasteiger partial charge is 0.354 e. The topological polar surface area (TPSA) is 67.8 Å². The minimum absolute atomic E-state index is 0.0376. The van der Waals surface area contributed by atoms with E-state index in [1.54, 1.807) is 0 Å². The molecule has 5 heteroatoms. The zero-order valence-corrected chi connectivity index (χ0v) is 6.96. The van der Waals surface area contributed by atoms with Gasteiger partial charge in [0.25, 0.3) is 0 Å². The number of nitrogens with zero attached hydrogens (tertiary/aromatic N) is 1. The molecule has 0 spiro atoms. The number of hydrogen-bond acceptors (Lipinski definition) is 4. The van der Waals surface area contributed by atoms with E-state index in [4.69, 9.17) is 0 Å². The van der Waals surface area contributed by atoms with Crippen LogP contribution in [0, 0.1) is 5.92 Å². The van der Waals surface area contributed by atoms with Crippen LogP contribution in [0.5, 0.6) is 0 Å². The van der Waals surface area contributed by atoms with Gasteiger partial charge in [-0.05, 0) is 0 Å². The number of amides is 1. The molecular formula is C7H10N2O3. The maximum Gasteiger partial charge on any atom is 0.354 e. The van der Waals surface area contributed by atoms with Crippen molar-refractivity contribution in [1.29, 1.82) is 0 Å². The molecule has 0 radical (unpaired) electrons. The molecule has 0 saturated carbocycles. The third-order valence-electron chi connectivity index (χ3n) is 1.47. The molecule has 0 aromatic rings. The predicted octanol–water partition coefficient (Wildman–Crippen LogP) is -0.329. The highest BCUT2D eigenvalue weighted by atomic mass is 16.5. The third kappa shape index (κ3) is 1.81. The fourth-order valence-corrected chi connectivity index (χ4v) is 0.850. The van der Waals surface area contributed by atoms with E-state index in [0.29, 0.717) is 6.61 Å². The number of esters is 1. The van der Waals surface area contributed by atoms with Crippen molar-refractivity contribution in [2.24, 2.45) is 11.0 Å². The Bertz CT molecular complexity index is 247. The first-order chi connectivity index (χ1) is 5.61. The van der Waals surface area contributed by atoms with Crippen LogP contribution >= 0.6 is 0 Å². The maximum atomic E-state index is 10.9. The van der Waals surface area contributed by atoms with Gasteiger partial charge in [-0.15, -0.1) is 0 Å². The van der Waals surface area contributed by atoms with E-state index in [1.807, 2.05) is 6.92 Å². The molecule has 5 nitrogen and oxygen atoms in total. The van der Waals surface area contributed by atoms with Crippen LogP contribution in [0.15, 0.2) is 5.10 Å². The fourth-order valence-electron chi connectivity index (χ4n) is 0.850. The van der Waals surface area contributed by atoms with Gasteiger partial charge >= 0.3 is 5.97 Å². The van der Waals surface area contributed by atoms with E-state index < -0.39 is 5.97 Å². The average molecular weight is 170 g/mol. The molecule has 1 rings (SSSR count). The molecule has 12 heavy (non-hydrogen) atoms. The molecule has 1 aliphatic heterocycles. The van der Waals surface area contributed by atoms with Crippen molar-refractivity contribution in [3.05, 3.63) is 0 Å². The summed E-state index contributed by atoms with van der Waals surface area (Å²) < 4.78 is 4.69. The molecule has 66 valence electrons. The van der Waals surface area contributed by atoms with Crippen LogP contribution in [0.3, 0.4) is 0 Å². The van der Waals surface area contributed by atoms with Crippen LogP contribution < -0.4 is 5.43 Å². The van der Waals surface area contributed by atoms with E-state index in [9.17, 15) is 9.59 Å². The van der Waals surface area contributed by atoms with Crippen molar-refractivity contribution in [3.63, 3.8) is 0 Å². The fraction of sp³-hybridized carbons (Fsp3) is 0.571. The van der Waals surface area contributed by atoms with Gasteiger partial charge < -0.3 is 4.74 Å². The Kier molecular flexibility index (Phi) is 2.42. The Hall–Kier alpha value is -1.39. The molecular weight excluding hydrogens is 160 g/mol. The lowest BCUT2D eigenvalue weighted by Crippen LogP contribution is -2.21. The van der Waals surface area contributed by atoms with E-state index in [2.05, 4.69) is 15.3 Å². The molecule has 1 aliphatic rings. The molecule has 1 atom stereocenters. The Morgan fingerprint density at radius 3 is 2.83 bits per heavy atom. The zero-order chi connectivity index (χ0) is 9.14. The number of carbonyl (C=O) groups is 2. The second-order valence-electron chi connectivity index (χ2n) is 2.66. The number of rotatable bonds is 1. The van der Waals surface area contributed by atoms with Crippen molar-refractivity contribution < 1.29 is 14.3 Å². The van der Waals surface area contributed by atoms with Gasteiger partial charge in [-0.1, -0.05) is 6.92 Å². The molecule has 1 fully saturated rings. The molecule has 0 aliphatic carbocycles. The summed E-state index contributed by atoms with van der Waals surface area (Å²) in [5.74, 6) is -0.782. The van der Waals surface area contributed by atoms with Crippen LogP contribution in [-0.2, 0) is 14.3 Å². The Balaban J connectivity index is 2.65. The molecule has 1 unspecified atom stereocenters. The van der Waals surface area contributed by atoms with E-state index >= 15 is 0 Å². The first-order valence-corrected chi connectivity index (χ1v) is 3.62. The van der Waals surface area contributed by atoms with Crippen LogP contribution in [0.25, 0.3) is 0 Å². The van der Waals surface area contributed by atoms with Crippen LogP contribution in [0.4, 0.5) is 0 Å². The number of carbonyl (C=O) groups excluding carboxylic acids is 2. The first kappa shape index (κ1) is 8.70. The highest BCUT2D eigenvalue weighted by molar-refractivity contribution is 6.38. The molecule has 1 amide bonds. The van der Waals surface area contributed by atoms with Crippen LogP contribution in [-0.4, -0.2) is 24.2 Å².